The lowest BCUT2D eigenvalue weighted by Crippen LogP contribution is -2.27. The molecule has 11 heteroatoms. The van der Waals surface area contributed by atoms with Crippen LogP contribution in [0, 0.1) is 13.8 Å². The predicted molar refractivity (Wildman–Crippen MR) is 100.0 cm³/mol. The van der Waals surface area contributed by atoms with E-state index in [-0.39, 0.29) is 10.7 Å². The molecule has 2 aromatic heterocycles. The fourth-order valence-electron chi connectivity index (χ4n) is 2.93. The lowest BCUT2D eigenvalue weighted by atomic mass is 10.1. The van der Waals surface area contributed by atoms with Crippen molar-refractivity contribution in [2.75, 3.05) is 0 Å². The first kappa shape index (κ1) is 21.1. The van der Waals surface area contributed by atoms with Gasteiger partial charge in [0.15, 0.2) is 5.03 Å². The maximum Gasteiger partial charge on any atom is 0.416 e. The summed E-state index contributed by atoms with van der Waals surface area (Å²) >= 11 is 0. The number of rotatable bonds is 5. The van der Waals surface area contributed by atoms with E-state index in [1.54, 1.807) is 32.4 Å². The second kappa shape index (κ2) is 7.30. The summed E-state index contributed by atoms with van der Waals surface area (Å²) in [5.41, 5.74) is 0.514. The van der Waals surface area contributed by atoms with Crippen molar-refractivity contribution >= 4 is 10.0 Å². The van der Waals surface area contributed by atoms with Gasteiger partial charge in [0.05, 0.1) is 17.4 Å². The van der Waals surface area contributed by atoms with Crippen molar-refractivity contribution in [3.05, 3.63) is 59.3 Å². The molecule has 0 spiro atoms. The Morgan fingerprint density at radius 3 is 2.48 bits per heavy atom. The van der Waals surface area contributed by atoms with Crippen molar-refractivity contribution in [1.82, 2.24) is 24.1 Å². The molecule has 0 bridgehead atoms. The zero-order valence-corrected chi connectivity index (χ0v) is 17.0. The van der Waals surface area contributed by atoms with E-state index >= 15 is 0 Å². The van der Waals surface area contributed by atoms with Crippen molar-refractivity contribution in [3.8, 4) is 5.69 Å². The number of hydrogen-bond acceptors (Lipinski definition) is 4. The van der Waals surface area contributed by atoms with Gasteiger partial charge in [0.25, 0.3) is 10.0 Å². The smallest absolute Gasteiger partial charge is 0.337 e. The highest BCUT2D eigenvalue weighted by molar-refractivity contribution is 7.89. The minimum absolute atomic E-state index is 0.104. The summed E-state index contributed by atoms with van der Waals surface area (Å²) in [7, 11) is -2.19. The molecule has 1 unspecified atom stereocenters. The number of imidazole rings is 1. The molecule has 0 amide bonds. The molecule has 29 heavy (non-hydrogen) atoms. The van der Waals surface area contributed by atoms with Crippen LogP contribution >= 0.6 is 0 Å². The number of aryl methyl sites for hydroxylation is 2. The summed E-state index contributed by atoms with van der Waals surface area (Å²) in [5.74, 6) is 0.548. The van der Waals surface area contributed by atoms with Crippen LogP contribution in [0.5, 0.6) is 0 Å². The first-order valence-electron chi connectivity index (χ1n) is 8.64. The van der Waals surface area contributed by atoms with Gasteiger partial charge in [-0.15, -0.1) is 0 Å². The molecule has 0 fully saturated rings. The van der Waals surface area contributed by atoms with Crippen molar-refractivity contribution < 1.29 is 21.6 Å². The molecule has 0 saturated heterocycles. The molecule has 0 saturated carbocycles. The van der Waals surface area contributed by atoms with Gasteiger partial charge in [-0.1, -0.05) is 6.07 Å². The van der Waals surface area contributed by atoms with Gasteiger partial charge in [0.1, 0.15) is 5.82 Å². The summed E-state index contributed by atoms with van der Waals surface area (Å²) in [5, 5.41) is 4.04. The highest BCUT2D eigenvalue weighted by Crippen LogP contribution is 2.31. The third-order valence-corrected chi connectivity index (χ3v) is 6.04. The van der Waals surface area contributed by atoms with Gasteiger partial charge >= 0.3 is 6.18 Å². The van der Waals surface area contributed by atoms with Crippen LogP contribution in [0.15, 0.2) is 41.7 Å². The Hall–Kier alpha value is -2.66. The number of hydrogen-bond donors (Lipinski definition) is 1. The average Bonchev–Trinajstić information content (AvgIpc) is 3.17. The maximum absolute atomic E-state index is 13.0. The first-order valence-corrected chi connectivity index (χ1v) is 10.1. The molecular formula is C18H20F3N5O2S. The van der Waals surface area contributed by atoms with E-state index < -0.39 is 27.8 Å². The Balaban J connectivity index is 1.89. The average molecular weight is 427 g/mol. The lowest BCUT2D eigenvalue weighted by Gasteiger charge is -2.14. The molecule has 1 atom stereocenters. The summed E-state index contributed by atoms with van der Waals surface area (Å²) < 4.78 is 69.6. The third-order valence-electron chi connectivity index (χ3n) is 4.63. The van der Waals surface area contributed by atoms with Gasteiger partial charge in [-0.25, -0.2) is 22.8 Å². The second-order valence-corrected chi connectivity index (χ2v) is 8.39. The third kappa shape index (κ3) is 4.20. The van der Waals surface area contributed by atoms with E-state index in [0.29, 0.717) is 17.1 Å². The zero-order chi connectivity index (χ0) is 21.6. The maximum atomic E-state index is 13.0. The Morgan fingerprint density at radius 2 is 1.90 bits per heavy atom. The number of nitrogens with zero attached hydrogens (tertiary/aromatic N) is 4. The molecule has 1 aromatic carbocycles. The van der Waals surface area contributed by atoms with E-state index in [1.807, 2.05) is 0 Å². The number of sulfonamides is 1. The molecule has 7 nitrogen and oxygen atoms in total. The van der Waals surface area contributed by atoms with E-state index in [0.717, 1.165) is 12.1 Å². The fraction of sp³-hybridized carbons (Fsp3) is 0.333. The number of aromatic nitrogens is 4. The molecule has 3 rings (SSSR count). The van der Waals surface area contributed by atoms with Crippen LogP contribution < -0.4 is 4.72 Å². The van der Waals surface area contributed by atoms with Gasteiger partial charge < -0.3 is 4.57 Å². The van der Waals surface area contributed by atoms with E-state index in [9.17, 15) is 21.6 Å². The highest BCUT2D eigenvalue weighted by Gasteiger charge is 2.31. The van der Waals surface area contributed by atoms with Crippen LogP contribution in [0.4, 0.5) is 13.2 Å². The minimum Gasteiger partial charge on any atom is -0.337 e. The SMILES string of the molecule is Cc1nc(S(=O)(=O)NC(C)c2cnn(-c3cccc(C(F)(F)F)c3)c2C)cn1C. The Labute approximate surface area is 166 Å². The molecule has 1 N–H and O–H groups in total. The van der Waals surface area contributed by atoms with E-state index in [2.05, 4.69) is 14.8 Å². The Kier molecular flexibility index (Phi) is 5.30. The highest BCUT2D eigenvalue weighted by atomic mass is 32.2. The van der Waals surface area contributed by atoms with Gasteiger partial charge in [0.2, 0.25) is 0 Å². The Bertz CT molecular complexity index is 1130. The number of halogens is 3. The number of alkyl halides is 3. The molecule has 0 aliphatic heterocycles. The molecule has 0 aliphatic rings. The van der Waals surface area contributed by atoms with Crippen LogP contribution in [-0.2, 0) is 23.2 Å². The number of benzene rings is 1. The molecule has 2 heterocycles. The normalized spacial score (nSPS) is 13.6. The summed E-state index contributed by atoms with van der Waals surface area (Å²) in [6, 6.07) is 4.12. The first-order chi connectivity index (χ1) is 13.4. The van der Waals surface area contributed by atoms with Crippen molar-refractivity contribution in [2.24, 2.45) is 7.05 Å². The van der Waals surface area contributed by atoms with Crippen LogP contribution in [0.3, 0.4) is 0 Å². The summed E-state index contributed by atoms with van der Waals surface area (Å²) in [6.07, 6.45) is -1.63. The van der Waals surface area contributed by atoms with Crippen molar-refractivity contribution in [1.29, 1.82) is 0 Å². The predicted octanol–water partition coefficient (Wildman–Crippen LogP) is 3.28. The molecule has 0 radical (unpaired) electrons. The van der Waals surface area contributed by atoms with E-state index in [1.165, 1.54) is 29.2 Å². The monoisotopic (exact) mass is 427 g/mol. The second-order valence-electron chi connectivity index (χ2n) is 6.73. The number of nitrogens with one attached hydrogen (secondary N) is 1. The van der Waals surface area contributed by atoms with Gasteiger partial charge in [-0.3, -0.25) is 0 Å². The van der Waals surface area contributed by atoms with Crippen molar-refractivity contribution in [3.63, 3.8) is 0 Å². The largest absolute Gasteiger partial charge is 0.416 e. The zero-order valence-electron chi connectivity index (χ0n) is 16.2. The molecule has 156 valence electrons. The summed E-state index contributed by atoms with van der Waals surface area (Å²) in [6.45, 7) is 4.98. The summed E-state index contributed by atoms with van der Waals surface area (Å²) in [4.78, 5) is 4.02. The van der Waals surface area contributed by atoms with Gasteiger partial charge in [-0.05, 0) is 39.0 Å². The molecule has 0 aliphatic carbocycles. The molecular weight excluding hydrogens is 407 g/mol. The Morgan fingerprint density at radius 1 is 1.21 bits per heavy atom. The van der Waals surface area contributed by atoms with Crippen LogP contribution in [0.1, 0.15) is 35.6 Å². The van der Waals surface area contributed by atoms with E-state index in [4.69, 9.17) is 0 Å². The molecule has 3 aromatic rings. The fourth-order valence-corrected chi connectivity index (χ4v) is 4.20. The van der Waals surface area contributed by atoms with Crippen LogP contribution in [-0.4, -0.2) is 27.7 Å². The lowest BCUT2D eigenvalue weighted by molar-refractivity contribution is -0.137. The van der Waals surface area contributed by atoms with Crippen molar-refractivity contribution in [2.45, 2.75) is 38.0 Å². The quantitative estimate of drug-likeness (QED) is 0.678. The van der Waals surface area contributed by atoms with Crippen LogP contribution in [0.25, 0.3) is 5.69 Å². The van der Waals surface area contributed by atoms with Crippen LogP contribution in [0.2, 0.25) is 0 Å². The minimum atomic E-state index is -4.47. The van der Waals surface area contributed by atoms with Gasteiger partial charge in [0, 0.05) is 30.5 Å². The van der Waals surface area contributed by atoms with Gasteiger partial charge in [-0.2, -0.15) is 18.3 Å². The topological polar surface area (TPSA) is 81.8 Å². The standard InChI is InChI=1S/C18H20F3N5O2S/c1-11(24-29(27,28)17-10-25(4)13(3)23-17)16-9-22-26(12(16)2)15-7-5-6-14(8-15)18(19,20)21/h5-11,24H,1-4H3.